The van der Waals surface area contributed by atoms with Crippen molar-refractivity contribution >= 4 is 22.4 Å². The number of carbonyl (C=O) groups is 1. The van der Waals surface area contributed by atoms with Gasteiger partial charge in [-0.2, -0.15) is 0 Å². The first-order valence-corrected chi connectivity index (χ1v) is 9.26. The van der Waals surface area contributed by atoms with Gasteiger partial charge < -0.3 is 9.80 Å². The van der Waals surface area contributed by atoms with Crippen LogP contribution in [0.1, 0.15) is 44.0 Å². The van der Waals surface area contributed by atoms with Crippen LogP contribution < -0.4 is 4.90 Å². The van der Waals surface area contributed by atoms with Gasteiger partial charge >= 0.3 is 0 Å². The smallest absolute Gasteiger partial charge is 0.222 e. The third-order valence-corrected chi connectivity index (χ3v) is 6.62. The van der Waals surface area contributed by atoms with Crippen LogP contribution in [-0.2, 0) is 4.79 Å². The van der Waals surface area contributed by atoms with Crippen molar-refractivity contribution in [2.24, 2.45) is 0 Å². The summed E-state index contributed by atoms with van der Waals surface area (Å²) < 4.78 is 0. The second kappa shape index (κ2) is 6.36. The topological polar surface area (TPSA) is 52.6 Å². The van der Waals surface area contributed by atoms with E-state index >= 15 is 0 Å². The lowest BCUT2D eigenvalue weighted by atomic mass is 9.86. The number of likely N-dealkylation sites (N-methyl/N-ethyl adjacent to an activating group) is 1. The number of nitrogens with zero attached hydrogens (tertiary/aromatic N) is 5. The van der Waals surface area contributed by atoms with Gasteiger partial charge in [-0.3, -0.25) is 9.69 Å². The van der Waals surface area contributed by atoms with Crippen molar-refractivity contribution < 1.29 is 4.79 Å². The molecule has 6 nitrogen and oxygen atoms in total. The van der Waals surface area contributed by atoms with E-state index in [1.165, 1.54) is 0 Å². The highest BCUT2D eigenvalue weighted by Crippen LogP contribution is 2.35. The van der Waals surface area contributed by atoms with E-state index in [1.54, 1.807) is 11.3 Å². The van der Waals surface area contributed by atoms with Gasteiger partial charge in [0.05, 0.1) is 0 Å². The minimum Gasteiger partial charge on any atom is -0.346 e. The Morgan fingerprint density at radius 1 is 1.13 bits per heavy atom. The van der Waals surface area contributed by atoms with Crippen molar-refractivity contribution in [2.75, 3.05) is 45.2 Å². The summed E-state index contributed by atoms with van der Waals surface area (Å²) in [6, 6.07) is 0. The molecule has 0 unspecified atom stereocenters. The molecule has 7 heteroatoms. The van der Waals surface area contributed by atoms with Crippen molar-refractivity contribution in [2.45, 2.75) is 44.6 Å². The van der Waals surface area contributed by atoms with E-state index in [1.807, 2.05) is 11.9 Å². The number of hydrogen-bond acceptors (Lipinski definition) is 6. The van der Waals surface area contributed by atoms with Gasteiger partial charge in [-0.1, -0.05) is 25.2 Å². The van der Waals surface area contributed by atoms with Crippen molar-refractivity contribution in [3.63, 3.8) is 0 Å². The minimum atomic E-state index is 0.0718. The van der Waals surface area contributed by atoms with E-state index in [0.29, 0.717) is 12.3 Å². The molecule has 0 saturated carbocycles. The summed E-state index contributed by atoms with van der Waals surface area (Å²) in [5, 5.41) is 10.9. The first-order chi connectivity index (χ1) is 10.9. The Morgan fingerprint density at radius 3 is 2.61 bits per heavy atom. The molecule has 0 aromatic carbocycles. The zero-order valence-corrected chi connectivity index (χ0v) is 15.4. The quantitative estimate of drug-likeness (QED) is 0.824. The largest absolute Gasteiger partial charge is 0.346 e. The highest BCUT2D eigenvalue weighted by molar-refractivity contribution is 7.15. The highest BCUT2D eigenvalue weighted by atomic mass is 32.1. The maximum absolute atomic E-state index is 12.1. The van der Waals surface area contributed by atoms with Gasteiger partial charge in [-0.05, 0) is 19.9 Å². The molecule has 1 aromatic heterocycles. The van der Waals surface area contributed by atoms with Gasteiger partial charge in [-0.25, -0.2) is 0 Å². The zero-order chi connectivity index (χ0) is 16.6. The third kappa shape index (κ3) is 3.21. The summed E-state index contributed by atoms with van der Waals surface area (Å²) in [5.74, 6) is 0.692. The van der Waals surface area contributed by atoms with Crippen LogP contribution in [0.5, 0.6) is 0 Å². The molecule has 23 heavy (non-hydrogen) atoms. The second-order valence-corrected chi connectivity index (χ2v) is 8.20. The Hall–Kier alpha value is -1.21. The maximum atomic E-state index is 12.1. The van der Waals surface area contributed by atoms with Crippen LogP contribution in [0.4, 0.5) is 5.13 Å². The molecular formula is C16H27N5OS. The molecule has 3 heterocycles. The molecule has 0 bridgehead atoms. The maximum Gasteiger partial charge on any atom is 0.222 e. The van der Waals surface area contributed by atoms with Gasteiger partial charge in [0, 0.05) is 51.1 Å². The molecule has 2 aliphatic heterocycles. The average molecular weight is 337 g/mol. The SMILES string of the molecule is CC(C)c1nnc(N2CCN(C)[C@@]3(CCC(=O)N(C)CC3)C2)s1. The fourth-order valence-electron chi connectivity index (χ4n) is 3.51. The molecule has 1 aromatic rings. The number of likely N-dealkylation sites (tertiary alicyclic amines) is 1. The molecule has 0 N–H and O–H groups in total. The van der Waals surface area contributed by atoms with E-state index in [9.17, 15) is 4.79 Å². The fourth-order valence-corrected chi connectivity index (χ4v) is 4.38. The normalized spacial score (nSPS) is 27.1. The number of anilines is 1. The predicted molar refractivity (Wildman–Crippen MR) is 93.1 cm³/mol. The number of hydrogen-bond donors (Lipinski definition) is 0. The molecule has 128 valence electrons. The molecule has 2 saturated heterocycles. The Labute approximate surface area is 142 Å². The lowest BCUT2D eigenvalue weighted by Crippen LogP contribution is -2.61. The Kier molecular flexibility index (Phi) is 4.60. The lowest BCUT2D eigenvalue weighted by Gasteiger charge is -2.49. The molecule has 1 spiro atoms. The van der Waals surface area contributed by atoms with E-state index in [2.05, 4.69) is 40.9 Å². The number of rotatable bonds is 2. The summed E-state index contributed by atoms with van der Waals surface area (Å²) >= 11 is 1.71. The van der Waals surface area contributed by atoms with E-state index in [4.69, 9.17) is 0 Å². The summed E-state index contributed by atoms with van der Waals surface area (Å²) in [7, 11) is 4.12. The third-order valence-electron chi connectivity index (χ3n) is 5.34. The monoisotopic (exact) mass is 337 g/mol. The standard InChI is InChI=1S/C16H27N5OS/c1-12(2)14-17-18-15(23-14)21-10-9-20(4)16(11-21)6-5-13(22)19(3)8-7-16/h12H,5-11H2,1-4H3/t16-/m1/s1. The fraction of sp³-hybridized carbons (Fsp3) is 0.812. The van der Waals surface area contributed by atoms with Crippen molar-refractivity contribution in [3.8, 4) is 0 Å². The van der Waals surface area contributed by atoms with Crippen LogP contribution in [0.15, 0.2) is 0 Å². The van der Waals surface area contributed by atoms with Crippen LogP contribution in [0.25, 0.3) is 0 Å². The van der Waals surface area contributed by atoms with E-state index < -0.39 is 0 Å². The first-order valence-electron chi connectivity index (χ1n) is 8.45. The number of amides is 1. The Morgan fingerprint density at radius 2 is 1.91 bits per heavy atom. The van der Waals surface area contributed by atoms with Gasteiger partial charge in [0.1, 0.15) is 5.01 Å². The van der Waals surface area contributed by atoms with Crippen LogP contribution >= 0.6 is 11.3 Å². The summed E-state index contributed by atoms with van der Waals surface area (Å²) in [4.78, 5) is 18.8. The van der Waals surface area contributed by atoms with Crippen molar-refractivity contribution in [3.05, 3.63) is 5.01 Å². The Bertz CT molecular complexity index is 575. The van der Waals surface area contributed by atoms with E-state index in [0.717, 1.165) is 49.2 Å². The average Bonchev–Trinajstić information content (AvgIpc) is 2.97. The van der Waals surface area contributed by atoms with Gasteiger partial charge in [-0.15, -0.1) is 10.2 Å². The van der Waals surface area contributed by atoms with Crippen LogP contribution in [0.3, 0.4) is 0 Å². The van der Waals surface area contributed by atoms with E-state index in [-0.39, 0.29) is 11.4 Å². The molecule has 2 aliphatic rings. The zero-order valence-electron chi connectivity index (χ0n) is 14.6. The van der Waals surface area contributed by atoms with Crippen LogP contribution in [0.2, 0.25) is 0 Å². The summed E-state index contributed by atoms with van der Waals surface area (Å²) in [6.45, 7) is 8.08. The number of piperazine rings is 1. The molecule has 0 radical (unpaired) electrons. The Balaban J connectivity index is 1.79. The number of aromatic nitrogens is 2. The molecule has 1 amide bonds. The van der Waals surface area contributed by atoms with Gasteiger partial charge in [0.15, 0.2) is 0 Å². The summed E-state index contributed by atoms with van der Waals surface area (Å²) in [6.07, 6.45) is 2.60. The minimum absolute atomic E-state index is 0.0718. The lowest BCUT2D eigenvalue weighted by molar-refractivity contribution is -0.129. The predicted octanol–water partition coefficient (Wildman–Crippen LogP) is 1.79. The molecule has 0 aliphatic carbocycles. The van der Waals surface area contributed by atoms with Crippen LogP contribution in [-0.4, -0.2) is 71.7 Å². The molecule has 3 rings (SSSR count). The highest BCUT2D eigenvalue weighted by Gasteiger charge is 2.42. The molecule has 1 atom stereocenters. The van der Waals surface area contributed by atoms with Gasteiger partial charge in [0.2, 0.25) is 11.0 Å². The molecular weight excluding hydrogens is 310 g/mol. The summed E-state index contributed by atoms with van der Waals surface area (Å²) in [5.41, 5.74) is 0.0718. The first kappa shape index (κ1) is 16.6. The van der Waals surface area contributed by atoms with Gasteiger partial charge in [0.25, 0.3) is 0 Å². The second-order valence-electron chi connectivity index (χ2n) is 7.21. The van der Waals surface area contributed by atoms with Crippen LogP contribution in [0, 0.1) is 0 Å². The van der Waals surface area contributed by atoms with Crippen molar-refractivity contribution in [1.29, 1.82) is 0 Å². The number of carbonyl (C=O) groups excluding carboxylic acids is 1. The van der Waals surface area contributed by atoms with Crippen molar-refractivity contribution in [1.82, 2.24) is 20.0 Å². The molecule has 2 fully saturated rings.